The number of hydrogen-bond donors (Lipinski definition) is 1. The molecular weight excluding hydrogens is 782 g/mol. The van der Waals surface area contributed by atoms with Gasteiger partial charge in [0, 0.05) is 12.8 Å². The Kier molecular flexibility index (Phi) is 12.5. The number of ketones is 1. The van der Waals surface area contributed by atoms with E-state index in [1.807, 2.05) is 32.9 Å². The van der Waals surface area contributed by atoms with Gasteiger partial charge in [0.2, 0.25) is 39.2 Å². The molecular formula is C41H53F3N4O9S. The third-order valence-corrected chi connectivity index (χ3v) is 13.9. The molecule has 0 spiro atoms. The Balaban J connectivity index is 1.37. The summed E-state index contributed by atoms with van der Waals surface area (Å²) < 4.78 is 86.5. The highest BCUT2D eigenvalue weighted by Crippen LogP contribution is 2.57. The Morgan fingerprint density at radius 1 is 1.02 bits per heavy atom. The summed E-state index contributed by atoms with van der Waals surface area (Å²) in [5, 5.41) is 8.97. The van der Waals surface area contributed by atoms with E-state index >= 15 is 0 Å². The molecule has 2 saturated carbocycles. The highest BCUT2D eigenvalue weighted by atomic mass is 32.2. The summed E-state index contributed by atoms with van der Waals surface area (Å²) in [5.74, 6) is -4.70. The van der Waals surface area contributed by atoms with Crippen molar-refractivity contribution in [3.8, 4) is 11.8 Å². The number of halogens is 3. The molecule has 2 amide bonds. The zero-order valence-corrected chi connectivity index (χ0v) is 34.4. The summed E-state index contributed by atoms with van der Waals surface area (Å²) >= 11 is 0. The van der Waals surface area contributed by atoms with E-state index in [1.54, 1.807) is 24.3 Å². The first kappa shape index (κ1) is 43.3. The number of esters is 1. The Bertz CT molecular complexity index is 2040. The van der Waals surface area contributed by atoms with Gasteiger partial charge in [0.05, 0.1) is 53.0 Å². The van der Waals surface area contributed by atoms with Gasteiger partial charge in [-0.15, -0.1) is 10.2 Å². The van der Waals surface area contributed by atoms with Crippen molar-refractivity contribution >= 4 is 44.4 Å². The number of aromatic nitrogens is 2. The van der Waals surface area contributed by atoms with Crippen LogP contribution in [0.5, 0.6) is 11.8 Å². The van der Waals surface area contributed by atoms with E-state index < -0.39 is 92.4 Å². The lowest BCUT2D eigenvalue weighted by Crippen LogP contribution is -2.48. The lowest BCUT2D eigenvalue weighted by molar-refractivity contribution is -0.257. The minimum Gasteiger partial charge on any atom is -0.476 e. The fourth-order valence-corrected chi connectivity index (χ4v) is 9.73. The van der Waals surface area contributed by atoms with Crippen LogP contribution in [0.4, 0.5) is 13.2 Å². The number of hydrogen-bond acceptors (Lipinski definition) is 11. The molecule has 2 aromatic rings. The van der Waals surface area contributed by atoms with Crippen LogP contribution in [-0.4, -0.2) is 89.4 Å². The third-order valence-electron chi connectivity index (χ3n) is 12.1. The summed E-state index contributed by atoms with van der Waals surface area (Å²) in [5.41, 5.74) is -4.19. The summed E-state index contributed by atoms with van der Waals surface area (Å²) in [7, 11) is -3.94. The fourth-order valence-electron chi connectivity index (χ4n) is 8.35. The summed E-state index contributed by atoms with van der Waals surface area (Å²) in [4.78, 5) is 58.1. The Hall–Kier alpha value is -4.28. The van der Waals surface area contributed by atoms with Crippen LogP contribution in [0.1, 0.15) is 98.8 Å². The molecule has 7 atom stereocenters. The topological polar surface area (TPSA) is 171 Å². The van der Waals surface area contributed by atoms with Gasteiger partial charge in [0.1, 0.15) is 6.10 Å². The molecule has 13 nitrogen and oxygen atoms in total. The van der Waals surface area contributed by atoms with E-state index in [2.05, 4.69) is 14.9 Å². The van der Waals surface area contributed by atoms with E-state index in [0.29, 0.717) is 61.8 Å². The minimum atomic E-state index is -4.87. The normalized spacial score (nSPS) is 29.1. The summed E-state index contributed by atoms with van der Waals surface area (Å²) in [6.07, 6.45) is 0.239. The third kappa shape index (κ3) is 9.28. The minimum absolute atomic E-state index is 0.0206. The maximum absolute atomic E-state index is 15.0. The van der Waals surface area contributed by atoms with Gasteiger partial charge in [-0.3, -0.25) is 23.9 Å². The van der Waals surface area contributed by atoms with Crippen molar-refractivity contribution in [2.24, 2.45) is 29.1 Å². The van der Waals surface area contributed by atoms with Crippen LogP contribution in [0.25, 0.3) is 10.8 Å². The average molecular weight is 835 g/mol. The number of nitrogens with one attached hydrogen (secondary N) is 1. The fraction of sp³-hybridized carbons (Fsp3) is 0.659. The lowest BCUT2D eigenvalue weighted by atomic mass is 9.79. The molecule has 3 fully saturated rings. The van der Waals surface area contributed by atoms with E-state index in [9.17, 15) is 40.8 Å². The number of ether oxygens (including phenoxy) is 3. The molecule has 1 aromatic carbocycles. The van der Waals surface area contributed by atoms with E-state index in [4.69, 9.17) is 14.2 Å². The molecule has 0 unspecified atom stereocenters. The number of allylic oxidation sites excluding steroid dienone is 2. The lowest BCUT2D eigenvalue weighted by Gasteiger charge is -2.34. The number of rotatable bonds is 11. The summed E-state index contributed by atoms with van der Waals surface area (Å²) in [6.45, 7) is 7.32. The van der Waals surface area contributed by atoms with Crippen LogP contribution in [0.2, 0.25) is 0 Å². The number of carbonyl (C=O) groups excluding carboxylic acids is 4. The molecule has 2 aliphatic heterocycles. The zero-order valence-electron chi connectivity index (χ0n) is 33.5. The number of carbonyl (C=O) groups is 4. The quantitative estimate of drug-likeness (QED) is 0.201. The van der Waals surface area contributed by atoms with Crippen molar-refractivity contribution < 1.29 is 55.0 Å². The molecule has 0 radical (unpaired) electrons. The largest absolute Gasteiger partial charge is 0.476 e. The van der Waals surface area contributed by atoms with Gasteiger partial charge in [-0.25, -0.2) is 8.42 Å². The van der Waals surface area contributed by atoms with E-state index in [-0.39, 0.29) is 37.6 Å². The Morgan fingerprint density at radius 3 is 2.33 bits per heavy atom. The van der Waals surface area contributed by atoms with Crippen LogP contribution in [-0.2, 0) is 33.9 Å². The molecule has 3 heterocycles. The second kappa shape index (κ2) is 16.8. The molecule has 6 rings (SSSR count). The Morgan fingerprint density at radius 2 is 1.69 bits per heavy atom. The zero-order chi connectivity index (χ0) is 42.2. The van der Waals surface area contributed by atoms with Crippen LogP contribution in [0.15, 0.2) is 36.4 Å². The van der Waals surface area contributed by atoms with Crippen molar-refractivity contribution in [1.82, 2.24) is 19.8 Å². The molecule has 17 heteroatoms. The maximum Gasteiger partial charge on any atom is 0.427 e. The number of alkyl halides is 3. The number of fused-ring (bicyclic) bond motifs is 3. The van der Waals surface area contributed by atoms with Crippen molar-refractivity contribution in [2.75, 3.05) is 13.2 Å². The van der Waals surface area contributed by atoms with Gasteiger partial charge in [0.25, 0.3) is 0 Å². The molecule has 2 aliphatic carbocycles. The predicted molar refractivity (Wildman–Crippen MR) is 206 cm³/mol. The van der Waals surface area contributed by atoms with E-state index in [1.165, 1.54) is 4.90 Å². The number of sulfonamides is 1. The molecule has 1 aromatic heterocycles. The van der Waals surface area contributed by atoms with E-state index in [0.717, 1.165) is 13.8 Å². The smallest absolute Gasteiger partial charge is 0.427 e. The van der Waals surface area contributed by atoms with Crippen molar-refractivity contribution in [3.05, 3.63) is 36.4 Å². The first-order chi connectivity index (χ1) is 27.3. The predicted octanol–water partition coefficient (Wildman–Crippen LogP) is 6.24. The van der Waals surface area contributed by atoms with Crippen LogP contribution >= 0.6 is 0 Å². The SMILES string of the molecule is CCOc1nnc(O[C@@H]2C[C@H]3C(=O)C[C@]4(C(=O)NS(=O)(=O)C5CC5)C[C@H]4/C=C\CC[C@@H](C)C[C@@H](CC)[C@H](CC(=O)OC(C)(C)C(F)(F)F)C(=O)N3C2)c2ccccc12. The molecule has 1 N–H and O–H groups in total. The standard InChI is InChI=1S/C41H53F3N4O9S/c1-6-25-18-24(3)12-8-9-13-26-21-40(26,38(52)47-58(53,54)28-16-17-28)22-33(49)32-19-27(56-36-30-15-11-10-14-29(30)35(45-46-36)55-7-2)23-48(32)37(51)31(25)20-34(50)57-39(4,5)41(42,43)44/h9-11,13-15,24-28,31-32H,6-8,12,16-23H2,1-5H3,(H,47,52)/b13-9-/t24-,25-,26-,27-,31+,32+,40-/m1/s1. The summed E-state index contributed by atoms with van der Waals surface area (Å²) in [6, 6.07) is 5.95. The monoisotopic (exact) mass is 834 g/mol. The number of nitrogens with zero attached hydrogens (tertiary/aromatic N) is 3. The molecule has 1 saturated heterocycles. The first-order valence-corrected chi connectivity index (χ1v) is 21.7. The second-order valence-corrected chi connectivity index (χ2v) is 18.8. The van der Waals surface area contributed by atoms with Crippen molar-refractivity contribution in [2.45, 2.75) is 128 Å². The van der Waals surface area contributed by atoms with Gasteiger partial charge in [-0.2, -0.15) is 13.2 Å². The molecule has 58 heavy (non-hydrogen) atoms. The second-order valence-electron chi connectivity index (χ2n) is 16.9. The highest BCUT2D eigenvalue weighted by Gasteiger charge is 2.62. The van der Waals surface area contributed by atoms with Gasteiger partial charge in [-0.05, 0) is 89.2 Å². The van der Waals surface area contributed by atoms with Gasteiger partial charge in [-0.1, -0.05) is 44.6 Å². The van der Waals surface area contributed by atoms with Crippen LogP contribution in [0.3, 0.4) is 0 Å². The number of amides is 2. The Labute approximate surface area is 336 Å². The van der Waals surface area contributed by atoms with Gasteiger partial charge >= 0.3 is 12.1 Å². The molecule has 0 bridgehead atoms. The molecule has 4 aliphatic rings. The number of Topliss-reactive ketones (excluding diaryl/α,β-unsaturated/α-hetero) is 1. The maximum atomic E-state index is 15.0. The molecule has 318 valence electrons. The highest BCUT2D eigenvalue weighted by molar-refractivity contribution is 7.90. The van der Waals surface area contributed by atoms with Crippen LogP contribution < -0.4 is 14.2 Å². The number of benzene rings is 1. The van der Waals surface area contributed by atoms with Gasteiger partial charge < -0.3 is 19.1 Å². The van der Waals surface area contributed by atoms with Gasteiger partial charge in [0.15, 0.2) is 5.78 Å². The average Bonchev–Trinajstić information content (AvgIpc) is 4.08. The van der Waals surface area contributed by atoms with Crippen LogP contribution in [0, 0.1) is 29.1 Å². The first-order valence-electron chi connectivity index (χ1n) is 20.2. The van der Waals surface area contributed by atoms with Crippen molar-refractivity contribution in [1.29, 1.82) is 0 Å². The van der Waals surface area contributed by atoms with Crippen molar-refractivity contribution in [3.63, 3.8) is 0 Å².